The molecule has 5 heteroatoms. The molecular formula is C8H16N2O2S. The molecule has 0 aliphatic heterocycles. The Bertz CT molecular complexity index is 183. The molecule has 0 bridgehead atoms. The van der Waals surface area contributed by atoms with Crippen LogP contribution in [0.1, 0.15) is 20.3 Å². The minimum atomic E-state index is -0.540. The van der Waals surface area contributed by atoms with Crippen LogP contribution in [0.4, 0.5) is 4.79 Å². The van der Waals surface area contributed by atoms with Crippen molar-refractivity contribution in [3.8, 4) is 0 Å². The highest BCUT2D eigenvalue weighted by Gasteiger charge is 2.02. The third-order valence-electron chi connectivity index (χ3n) is 1.41. The largest absolute Gasteiger partial charge is 0.453 e. The molecule has 76 valence electrons. The predicted octanol–water partition coefficient (Wildman–Crippen LogP) is 1.26. The van der Waals surface area contributed by atoms with Gasteiger partial charge in [-0.1, -0.05) is 13.8 Å². The highest BCUT2D eigenvalue weighted by molar-refractivity contribution is 7.80. The van der Waals surface area contributed by atoms with Crippen LogP contribution in [0.3, 0.4) is 0 Å². The van der Waals surface area contributed by atoms with Crippen LogP contribution in [0.25, 0.3) is 0 Å². The lowest BCUT2D eigenvalue weighted by Crippen LogP contribution is -2.39. The molecule has 0 aromatic rings. The molecule has 0 rings (SSSR count). The number of rotatable bonds is 3. The van der Waals surface area contributed by atoms with Crippen LogP contribution in [-0.4, -0.2) is 24.9 Å². The molecule has 0 aliphatic carbocycles. The minimum Gasteiger partial charge on any atom is -0.453 e. The maximum absolute atomic E-state index is 10.7. The van der Waals surface area contributed by atoms with Gasteiger partial charge in [-0.2, -0.15) is 0 Å². The monoisotopic (exact) mass is 204 g/mol. The topological polar surface area (TPSA) is 50.4 Å². The van der Waals surface area contributed by atoms with E-state index in [1.54, 1.807) is 0 Å². The Kier molecular flexibility index (Phi) is 6.22. The summed E-state index contributed by atoms with van der Waals surface area (Å²) in [5.41, 5.74) is 0. The van der Waals surface area contributed by atoms with Crippen molar-refractivity contribution in [1.82, 2.24) is 10.6 Å². The number of carbonyl (C=O) groups is 1. The lowest BCUT2D eigenvalue weighted by molar-refractivity contribution is 0.176. The highest BCUT2D eigenvalue weighted by atomic mass is 32.1. The summed E-state index contributed by atoms with van der Waals surface area (Å²) in [6, 6.07) is 0. The first-order valence-electron chi connectivity index (χ1n) is 4.19. The van der Waals surface area contributed by atoms with Gasteiger partial charge in [0.1, 0.15) is 0 Å². The van der Waals surface area contributed by atoms with Gasteiger partial charge in [0.2, 0.25) is 0 Å². The second-order valence-electron chi connectivity index (χ2n) is 3.06. The zero-order valence-electron chi connectivity index (χ0n) is 8.22. The van der Waals surface area contributed by atoms with Gasteiger partial charge in [0, 0.05) is 6.54 Å². The van der Waals surface area contributed by atoms with Crippen LogP contribution in [-0.2, 0) is 4.74 Å². The van der Waals surface area contributed by atoms with Gasteiger partial charge in [0.05, 0.1) is 7.11 Å². The molecule has 0 aromatic carbocycles. The van der Waals surface area contributed by atoms with Crippen molar-refractivity contribution in [2.45, 2.75) is 20.3 Å². The van der Waals surface area contributed by atoms with E-state index in [1.165, 1.54) is 7.11 Å². The molecule has 13 heavy (non-hydrogen) atoms. The fraction of sp³-hybridized carbons (Fsp3) is 0.750. The normalized spacial score (nSPS) is 9.54. The van der Waals surface area contributed by atoms with Gasteiger partial charge in [-0.25, -0.2) is 4.79 Å². The van der Waals surface area contributed by atoms with Gasteiger partial charge in [0.15, 0.2) is 5.11 Å². The van der Waals surface area contributed by atoms with Gasteiger partial charge < -0.3 is 10.1 Å². The number of carbonyl (C=O) groups excluding carboxylic acids is 1. The van der Waals surface area contributed by atoms with Gasteiger partial charge in [-0.3, -0.25) is 5.32 Å². The fourth-order valence-corrected chi connectivity index (χ4v) is 0.848. The van der Waals surface area contributed by atoms with Gasteiger partial charge in [-0.05, 0) is 24.6 Å². The van der Waals surface area contributed by atoms with Crippen molar-refractivity contribution in [3.05, 3.63) is 0 Å². The summed E-state index contributed by atoms with van der Waals surface area (Å²) in [5.74, 6) is 0.619. The second kappa shape index (κ2) is 6.65. The fourth-order valence-electron chi connectivity index (χ4n) is 0.662. The lowest BCUT2D eigenvalue weighted by atomic mass is 10.1. The average Bonchev–Trinajstić information content (AvgIpc) is 2.03. The van der Waals surface area contributed by atoms with Gasteiger partial charge in [0.25, 0.3) is 0 Å². The molecule has 4 nitrogen and oxygen atoms in total. The van der Waals surface area contributed by atoms with Crippen molar-refractivity contribution in [2.24, 2.45) is 5.92 Å². The quantitative estimate of drug-likeness (QED) is 0.680. The third-order valence-corrected chi connectivity index (χ3v) is 1.65. The van der Waals surface area contributed by atoms with E-state index in [0.29, 0.717) is 11.0 Å². The molecule has 0 aliphatic rings. The molecule has 0 saturated carbocycles. The van der Waals surface area contributed by atoms with Crippen molar-refractivity contribution in [2.75, 3.05) is 13.7 Å². The summed E-state index contributed by atoms with van der Waals surface area (Å²) >= 11 is 4.83. The summed E-state index contributed by atoms with van der Waals surface area (Å²) in [5, 5.41) is 5.57. The number of amides is 1. The highest BCUT2D eigenvalue weighted by Crippen LogP contribution is 1.95. The Hall–Kier alpha value is -0.840. The van der Waals surface area contributed by atoms with E-state index in [9.17, 15) is 4.79 Å². The number of methoxy groups -OCH3 is 1. The van der Waals surface area contributed by atoms with Crippen LogP contribution in [0.2, 0.25) is 0 Å². The molecule has 0 unspecified atom stereocenters. The molecule has 0 spiro atoms. The van der Waals surface area contributed by atoms with E-state index in [-0.39, 0.29) is 0 Å². The average molecular weight is 204 g/mol. The Morgan fingerprint density at radius 1 is 1.54 bits per heavy atom. The number of ether oxygens (including phenoxy) is 1. The van der Waals surface area contributed by atoms with Crippen molar-refractivity contribution in [3.63, 3.8) is 0 Å². The van der Waals surface area contributed by atoms with E-state index in [2.05, 4.69) is 29.2 Å². The van der Waals surface area contributed by atoms with E-state index in [0.717, 1.165) is 13.0 Å². The SMILES string of the molecule is COC(=O)NC(=S)NCCC(C)C. The number of thiocarbonyl (C=S) groups is 1. The summed E-state index contributed by atoms with van der Waals surface area (Å²) in [7, 11) is 1.30. The maximum atomic E-state index is 10.7. The molecule has 0 heterocycles. The zero-order valence-corrected chi connectivity index (χ0v) is 9.03. The molecule has 1 amide bonds. The van der Waals surface area contributed by atoms with Gasteiger partial charge >= 0.3 is 6.09 Å². The zero-order chi connectivity index (χ0) is 10.3. The Labute approximate surface area is 84.0 Å². The molecule has 2 N–H and O–H groups in total. The number of nitrogens with one attached hydrogen (secondary N) is 2. The summed E-state index contributed by atoms with van der Waals surface area (Å²) < 4.78 is 4.37. The van der Waals surface area contributed by atoms with Crippen LogP contribution in [0.15, 0.2) is 0 Å². The van der Waals surface area contributed by atoms with Crippen LogP contribution in [0.5, 0.6) is 0 Å². The Balaban J connectivity index is 3.46. The lowest BCUT2D eigenvalue weighted by Gasteiger charge is -2.09. The minimum absolute atomic E-state index is 0.313. The van der Waals surface area contributed by atoms with E-state index in [4.69, 9.17) is 12.2 Å². The molecule has 0 fully saturated rings. The standard InChI is InChI=1S/C8H16N2O2S/c1-6(2)4-5-9-7(13)10-8(11)12-3/h6H,4-5H2,1-3H3,(H2,9,10,11,13). The number of hydrogen-bond donors (Lipinski definition) is 2. The van der Waals surface area contributed by atoms with Gasteiger partial charge in [-0.15, -0.1) is 0 Å². The van der Waals surface area contributed by atoms with Crippen molar-refractivity contribution < 1.29 is 9.53 Å². The molecule has 0 aromatic heterocycles. The maximum Gasteiger partial charge on any atom is 0.413 e. The first-order chi connectivity index (χ1) is 6.06. The number of alkyl carbamates (subject to hydrolysis) is 1. The summed E-state index contributed by atoms with van der Waals surface area (Å²) in [4.78, 5) is 10.7. The second-order valence-corrected chi connectivity index (χ2v) is 3.46. The van der Waals surface area contributed by atoms with E-state index in [1.807, 2.05) is 0 Å². The molecule has 0 radical (unpaired) electrons. The van der Waals surface area contributed by atoms with E-state index < -0.39 is 6.09 Å². The first-order valence-corrected chi connectivity index (χ1v) is 4.60. The van der Waals surface area contributed by atoms with Crippen LogP contribution >= 0.6 is 12.2 Å². The first kappa shape index (κ1) is 12.2. The van der Waals surface area contributed by atoms with Crippen molar-refractivity contribution in [1.29, 1.82) is 0 Å². The smallest absolute Gasteiger partial charge is 0.413 e. The van der Waals surface area contributed by atoms with Crippen LogP contribution < -0.4 is 10.6 Å². The van der Waals surface area contributed by atoms with Crippen molar-refractivity contribution >= 4 is 23.4 Å². The Morgan fingerprint density at radius 2 is 2.15 bits per heavy atom. The molecular weight excluding hydrogens is 188 g/mol. The molecule has 0 saturated heterocycles. The molecule has 0 atom stereocenters. The van der Waals surface area contributed by atoms with E-state index >= 15 is 0 Å². The number of hydrogen-bond acceptors (Lipinski definition) is 3. The Morgan fingerprint density at radius 3 is 2.62 bits per heavy atom. The predicted molar refractivity (Wildman–Crippen MR) is 55.6 cm³/mol. The summed E-state index contributed by atoms with van der Waals surface area (Å²) in [6.45, 7) is 5.01. The third kappa shape index (κ3) is 7.52. The summed E-state index contributed by atoms with van der Waals surface area (Å²) in [6.07, 6.45) is 0.477. The van der Waals surface area contributed by atoms with Crippen LogP contribution in [0, 0.1) is 5.92 Å².